The highest BCUT2D eigenvalue weighted by Gasteiger charge is 2.24. The third-order valence-electron chi connectivity index (χ3n) is 4.40. The summed E-state index contributed by atoms with van der Waals surface area (Å²) in [5, 5.41) is 0. The summed E-state index contributed by atoms with van der Waals surface area (Å²) in [5.74, 6) is 1.47. The molecule has 1 aromatic carbocycles. The predicted molar refractivity (Wildman–Crippen MR) is 84.3 cm³/mol. The number of halogens is 1. The second kappa shape index (κ2) is 5.74. The van der Waals surface area contributed by atoms with Crippen LogP contribution in [0.5, 0.6) is 0 Å². The number of imidazole rings is 1. The summed E-state index contributed by atoms with van der Waals surface area (Å²) in [5.41, 5.74) is 3.54. The van der Waals surface area contributed by atoms with E-state index in [1.54, 1.807) is 0 Å². The summed E-state index contributed by atoms with van der Waals surface area (Å²) < 4.78 is 2.32. The van der Waals surface area contributed by atoms with E-state index in [2.05, 4.69) is 41.5 Å². The van der Waals surface area contributed by atoms with Crippen molar-refractivity contribution in [2.45, 2.75) is 45.2 Å². The van der Waals surface area contributed by atoms with Gasteiger partial charge < -0.3 is 4.57 Å². The quantitative estimate of drug-likeness (QED) is 0.803. The Bertz CT molecular complexity index is 605. The van der Waals surface area contributed by atoms with Crippen molar-refractivity contribution in [3.63, 3.8) is 0 Å². The molecule has 4 heteroatoms. The van der Waals surface area contributed by atoms with Gasteiger partial charge in [0.15, 0.2) is 0 Å². The third-order valence-corrected chi connectivity index (χ3v) is 4.64. The van der Waals surface area contributed by atoms with E-state index < -0.39 is 0 Å². The van der Waals surface area contributed by atoms with Gasteiger partial charge in [0.2, 0.25) is 0 Å². The lowest BCUT2D eigenvalue weighted by Crippen LogP contribution is -2.33. The molecule has 0 saturated carbocycles. The molecule has 3 nitrogen and oxygen atoms in total. The molecule has 1 unspecified atom stereocenters. The zero-order valence-electron chi connectivity index (χ0n) is 12.3. The molecular weight excluding hydrogens is 270 g/mol. The maximum atomic E-state index is 6.10. The first-order chi connectivity index (χ1) is 9.72. The van der Waals surface area contributed by atoms with Gasteiger partial charge in [0.05, 0.1) is 16.9 Å². The second-order valence-electron chi connectivity index (χ2n) is 5.69. The molecule has 0 radical (unpaired) electrons. The summed E-state index contributed by atoms with van der Waals surface area (Å²) in [6.45, 7) is 7.72. The maximum Gasteiger partial charge on any atom is 0.124 e. The number of aryl methyl sites for hydroxylation is 1. The molecule has 1 aliphatic rings. The fraction of sp³-hybridized carbons (Fsp3) is 0.562. The highest BCUT2D eigenvalue weighted by molar-refractivity contribution is 6.16. The number of likely N-dealkylation sites (tertiary alicyclic amines) is 1. The molecule has 1 aliphatic heterocycles. The number of nitrogens with zero attached hydrogens (tertiary/aromatic N) is 3. The van der Waals surface area contributed by atoms with Gasteiger partial charge in [-0.25, -0.2) is 4.98 Å². The Kier molecular flexibility index (Phi) is 3.99. The highest BCUT2D eigenvalue weighted by atomic mass is 35.5. The van der Waals surface area contributed by atoms with Crippen molar-refractivity contribution in [1.29, 1.82) is 0 Å². The monoisotopic (exact) mass is 291 g/mol. The third kappa shape index (κ3) is 2.45. The Hall–Kier alpha value is -1.06. The van der Waals surface area contributed by atoms with Crippen LogP contribution in [-0.4, -0.2) is 33.6 Å². The molecule has 108 valence electrons. The normalized spacial score (nSPS) is 20.1. The first-order valence-corrected chi connectivity index (χ1v) is 8.02. The Morgan fingerprint density at radius 1 is 1.40 bits per heavy atom. The summed E-state index contributed by atoms with van der Waals surface area (Å²) in [4.78, 5) is 7.26. The van der Waals surface area contributed by atoms with E-state index in [0.29, 0.717) is 11.9 Å². The molecule has 3 rings (SSSR count). The first-order valence-electron chi connectivity index (χ1n) is 7.48. The first kappa shape index (κ1) is 13.9. The number of likely N-dealkylation sites (N-methyl/N-ethyl adjacent to an activating group) is 1. The topological polar surface area (TPSA) is 21.1 Å². The molecule has 0 amide bonds. The van der Waals surface area contributed by atoms with E-state index in [9.17, 15) is 0 Å². The van der Waals surface area contributed by atoms with Gasteiger partial charge in [0.1, 0.15) is 5.82 Å². The number of hydrogen-bond acceptors (Lipinski definition) is 2. The van der Waals surface area contributed by atoms with Crippen molar-refractivity contribution in [1.82, 2.24) is 14.5 Å². The standard InChI is InChI=1S/C16H22ClN3/c1-3-19-8-4-5-13(19)11-20-15-7-6-12(2)9-14(15)18-16(20)10-17/h6-7,9,13H,3-5,8,10-11H2,1-2H3. The number of benzene rings is 1. The van der Waals surface area contributed by atoms with Crippen molar-refractivity contribution in [3.8, 4) is 0 Å². The van der Waals surface area contributed by atoms with Gasteiger partial charge in [-0.05, 0) is 50.6 Å². The molecule has 1 saturated heterocycles. The molecular formula is C16H22ClN3. The summed E-state index contributed by atoms with van der Waals surface area (Å²) in [6, 6.07) is 7.11. The van der Waals surface area contributed by atoms with Crippen LogP contribution in [0.3, 0.4) is 0 Å². The van der Waals surface area contributed by atoms with Crippen LogP contribution in [0, 0.1) is 6.92 Å². The van der Waals surface area contributed by atoms with Crippen LogP contribution in [0.25, 0.3) is 11.0 Å². The SMILES string of the molecule is CCN1CCCC1Cn1c(CCl)nc2cc(C)ccc21. The molecule has 0 spiro atoms. The Morgan fingerprint density at radius 3 is 3.00 bits per heavy atom. The van der Waals surface area contributed by atoms with Crippen LogP contribution in [0.15, 0.2) is 18.2 Å². The van der Waals surface area contributed by atoms with Gasteiger partial charge in [-0.2, -0.15) is 0 Å². The minimum Gasteiger partial charge on any atom is -0.325 e. The largest absolute Gasteiger partial charge is 0.325 e. The minimum atomic E-state index is 0.479. The molecule has 1 aromatic heterocycles. The minimum absolute atomic E-state index is 0.479. The van der Waals surface area contributed by atoms with Crippen molar-refractivity contribution in [2.75, 3.05) is 13.1 Å². The van der Waals surface area contributed by atoms with Gasteiger partial charge >= 0.3 is 0 Å². The second-order valence-corrected chi connectivity index (χ2v) is 5.96. The maximum absolute atomic E-state index is 6.10. The Morgan fingerprint density at radius 2 is 2.25 bits per heavy atom. The Balaban J connectivity index is 1.97. The smallest absolute Gasteiger partial charge is 0.124 e. The Labute approximate surface area is 125 Å². The summed E-state index contributed by atoms with van der Waals surface area (Å²) in [6.07, 6.45) is 2.58. The van der Waals surface area contributed by atoms with Crippen molar-refractivity contribution in [3.05, 3.63) is 29.6 Å². The van der Waals surface area contributed by atoms with Gasteiger partial charge in [0.25, 0.3) is 0 Å². The average Bonchev–Trinajstić information content (AvgIpc) is 3.03. The number of alkyl halides is 1. The molecule has 0 aliphatic carbocycles. The van der Waals surface area contributed by atoms with Gasteiger partial charge in [-0.3, -0.25) is 4.90 Å². The molecule has 2 heterocycles. The lowest BCUT2D eigenvalue weighted by atomic mass is 10.2. The van der Waals surface area contributed by atoms with E-state index in [1.807, 2.05) is 0 Å². The van der Waals surface area contributed by atoms with Crippen LogP contribution < -0.4 is 0 Å². The molecule has 1 atom stereocenters. The highest BCUT2D eigenvalue weighted by Crippen LogP contribution is 2.24. The summed E-state index contributed by atoms with van der Waals surface area (Å²) >= 11 is 6.10. The number of fused-ring (bicyclic) bond motifs is 1. The molecule has 0 bridgehead atoms. The fourth-order valence-electron chi connectivity index (χ4n) is 3.32. The predicted octanol–water partition coefficient (Wildman–Crippen LogP) is 3.57. The fourth-order valence-corrected chi connectivity index (χ4v) is 3.53. The number of aromatic nitrogens is 2. The number of hydrogen-bond donors (Lipinski definition) is 0. The van der Waals surface area contributed by atoms with E-state index in [1.165, 1.54) is 30.5 Å². The van der Waals surface area contributed by atoms with Crippen LogP contribution in [0.2, 0.25) is 0 Å². The van der Waals surface area contributed by atoms with Crippen LogP contribution in [0.4, 0.5) is 0 Å². The molecule has 0 N–H and O–H groups in total. The molecule has 2 aromatic rings. The van der Waals surface area contributed by atoms with Crippen molar-refractivity contribution < 1.29 is 0 Å². The van der Waals surface area contributed by atoms with E-state index in [-0.39, 0.29) is 0 Å². The lowest BCUT2D eigenvalue weighted by Gasteiger charge is -2.24. The van der Waals surface area contributed by atoms with Crippen molar-refractivity contribution >= 4 is 22.6 Å². The molecule has 20 heavy (non-hydrogen) atoms. The van der Waals surface area contributed by atoms with Gasteiger partial charge in [-0.15, -0.1) is 11.6 Å². The van der Waals surface area contributed by atoms with E-state index in [0.717, 1.165) is 24.4 Å². The van der Waals surface area contributed by atoms with Crippen LogP contribution in [-0.2, 0) is 12.4 Å². The van der Waals surface area contributed by atoms with Gasteiger partial charge in [0, 0.05) is 12.6 Å². The van der Waals surface area contributed by atoms with Crippen molar-refractivity contribution in [2.24, 2.45) is 0 Å². The zero-order chi connectivity index (χ0) is 14.1. The van der Waals surface area contributed by atoms with Gasteiger partial charge in [-0.1, -0.05) is 13.0 Å². The van der Waals surface area contributed by atoms with Crippen LogP contribution in [0.1, 0.15) is 31.2 Å². The average molecular weight is 292 g/mol. The van der Waals surface area contributed by atoms with E-state index >= 15 is 0 Å². The number of rotatable bonds is 4. The zero-order valence-corrected chi connectivity index (χ0v) is 13.0. The summed E-state index contributed by atoms with van der Waals surface area (Å²) in [7, 11) is 0. The van der Waals surface area contributed by atoms with E-state index in [4.69, 9.17) is 16.6 Å². The van der Waals surface area contributed by atoms with Crippen LogP contribution >= 0.6 is 11.6 Å². The molecule has 1 fully saturated rings. The lowest BCUT2D eigenvalue weighted by molar-refractivity contribution is 0.245.